The number of carbonyl (C=O) groups excluding carboxylic acids is 2. The number of aliphatic hydroxyl groups excluding tert-OH is 2. The molecule has 2 saturated heterocycles. The van der Waals surface area contributed by atoms with E-state index in [1.807, 2.05) is 0 Å². The third-order valence-corrected chi connectivity index (χ3v) is 3.44. The number of nitrogens with two attached hydrogens (primary N) is 2. The largest absolute Gasteiger partial charge is 0.423 e. The van der Waals surface area contributed by atoms with Gasteiger partial charge in [0, 0.05) is 0 Å². The molecule has 0 aromatic carbocycles. The second-order valence-corrected chi connectivity index (χ2v) is 5.03. The zero-order valence-electron chi connectivity index (χ0n) is 11.1. The topological polar surface area (TPSA) is 215 Å². The predicted molar refractivity (Wildman–Crippen MR) is 61.8 cm³/mol. The Morgan fingerprint density at radius 1 is 1.23 bits per heavy atom. The summed E-state index contributed by atoms with van der Waals surface area (Å²) in [6.07, 6.45) is -4.81. The van der Waals surface area contributed by atoms with Crippen LogP contribution in [-0.2, 0) is 23.8 Å². The SMILES string of the molecule is NC1CC(=O)O[C@@]2(O)[C@@H](O)[C@@H](CO)OC(N)(O)[C@]2(O)OC1=O. The molecule has 12 nitrogen and oxygen atoms in total. The van der Waals surface area contributed by atoms with Crippen LogP contribution in [0, 0.1) is 0 Å². The Kier molecular flexibility index (Phi) is 3.92. The van der Waals surface area contributed by atoms with Crippen LogP contribution >= 0.6 is 0 Å². The fraction of sp³-hybridized carbons (Fsp3) is 0.800. The smallest absolute Gasteiger partial charge is 0.350 e. The van der Waals surface area contributed by atoms with Crippen molar-refractivity contribution in [1.82, 2.24) is 0 Å². The summed E-state index contributed by atoms with van der Waals surface area (Å²) in [4.78, 5) is 23.3. The standard InChI is InChI=1S/C10H16N2O10/c11-3-1-5(14)21-8(17)6(15)4(2-13)20-10(12,19)9(8,18)22-7(3)16/h3-4,6,13,15,17-19H,1-2,11-12H2/t3?,4-,6+,8+,9-,10?/m1/s1. The third kappa shape index (κ3) is 2.17. The molecule has 0 radical (unpaired) electrons. The lowest BCUT2D eigenvalue weighted by molar-refractivity contribution is -0.511. The van der Waals surface area contributed by atoms with E-state index >= 15 is 0 Å². The summed E-state index contributed by atoms with van der Waals surface area (Å²) in [5.41, 5.74) is 10.6. The maximum Gasteiger partial charge on any atom is 0.350 e. The van der Waals surface area contributed by atoms with Crippen LogP contribution in [0.25, 0.3) is 0 Å². The second-order valence-electron chi connectivity index (χ2n) is 5.03. The molecule has 2 fully saturated rings. The number of rotatable bonds is 1. The van der Waals surface area contributed by atoms with Crippen LogP contribution < -0.4 is 11.5 Å². The monoisotopic (exact) mass is 324 g/mol. The number of hydrogen-bond donors (Lipinski definition) is 7. The fourth-order valence-corrected chi connectivity index (χ4v) is 2.20. The first-order valence-electron chi connectivity index (χ1n) is 6.11. The van der Waals surface area contributed by atoms with Crippen LogP contribution in [0.15, 0.2) is 0 Å². The van der Waals surface area contributed by atoms with E-state index < -0.39 is 60.7 Å². The molecule has 0 bridgehead atoms. The minimum atomic E-state index is -3.60. The number of carbonyl (C=O) groups is 2. The number of fused-ring (bicyclic) bond motifs is 1. The third-order valence-electron chi connectivity index (χ3n) is 3.44. The molecule has 0 amide bonds. The Hall–Kier alpha value is -1.38. The highest BCUT2D eigenvalue weighted by Crippen LogP contribution is 2.43. The van der Waals surface area contributed by atoms with Gasteiger partial charge in [-0.25, -0.2) is 0 Å². The Labute approximate surface area is 122 Å². The summed E-state index contributed by atoms with van der Waals surface area (Å²) in [5.74, 6) is -13.1. The van der Waals surface area contributed by atoms with Crippen LogP contribution in [0.3, 0.4) is 0 Å². The average Bonchev–Trinajstić information content (AvgIpc) is 2.40. The van der Waals surface area contributed by atoms with Crippen molar-refractivity contribution >= 4 is 11.9 Å². The van der Waals surface area contributed by atoms with E-state index in [2.05, 4.69) is 14.2 Å². The minimum absolute atomic E-state index is 0.738. The van der Waals surface area contributed by atoms with Gasteiger partial charge in [-0.2, -0.15) is 0 Å². The van der Waals surface area contributed by atoms with Crippen molar-refractivity contribution in [2.24, 2.45) is 11.5 Å². The molecule has 126 valence electrons. The Morgan fingerprint density at radius 3 is 2.36 bits per heavy atom. The van der Waals surface area contributed by atoms with Crippen molar-refractivity contribution in [2.45, 2.75) is 42.2 Å². The van der Waals surface area contributed by atoms with E-state index in [1.54, 1.807) is 0 Å². The maximum absolute atomic E-state index is 11.7. The fourth-order valence-electron chi connectivity index (χ4n) is 2.20. The van der Waals surface area contributed by atoms with Crippen LogP contribution in [0.1, 0.15) is 6.42 Å². The summed E-state index contributed by atoms with van der Waals surface area (Å²) in [6.45, 7) is -0.982. The van der Waals surface area contributed by atoms with Crippen molar-refractivity contribution in [3.8, 4) is 0 Å². The summed E-state index contributed by atoms with van der Waals surface area (Å²) >= 11 is 0. The molecule has 6 atom stereocenters. The van der Waals surface area contributed by atoms with E-state index in [-0.39, 0.29) is 0 Å². The van der Waals surface area contributed by atoms with Crippen LogP contribution in [0.4, 0.5) is 0 Å². The molecular formula is C10H16N2O10. The number of ether oxygens (including phenoxy) is 3. The highest BCUT2D eigenvalue weighted by atomic mass is 16.8. The van der Waals surface area contributed by atoms with E-state index in [1.165, 1.54) is 0 Å². The number of esters is 2. The van der Waals surface area contributed by atoms with Gasteiger partial charge >= 0.3 is 23.5 Å². The molecule has 0 saturated carbocycles. The highest BCUT2D eigenvalue weighted by Gasteiger charge is 2.77. The molecule has 0 spiro atoms. The molecule has 2 aliphatic heterocycles. The molecule has 0 aliphatic carbocycles. The first-order chi connectivity index (χ1) is 9.98. The van der Waals surface area contributed by atoms with Gasteiger partial charge in [0.05, 0.1) is 13.0 Å². The van der Waals surface area contributed by atoms with Crippen molar-refractivity contribution in [1.29, 1.82) is 0 Å². The quantitative estimate of drug-likeness (QED) is 0.177. The van der Waals surface area contributed by atoms with E-state index in [0.29, 0.717) is 0 Å². The maximum atomic E-state index is 11.7. The summed E-state index contributed by atoms with van der Waals surface area (Å²) < 4.78 is 13.6. The van der Waals surface area contributed by atoms with Crippen LogP contribution in [-0.4, -0.2) is 79.8 Å². The molecule has 22 heavy (non-hydrogen) atoms. The molecule has 0 aromatic heterocycles. The number of hydrogen-bond acceptors (Lipinski definition) is 12. The van der Waals surface area contributed by atoms with Crippen LogP contribution in [0.2, 0.25) is 0 Å². The van der Waals surface area contributed by atoms with E-state index in [4.69, 9.17) is 16.6 Å². The van der Waals surface area contributed by atoms with Gasteiger partial charge in [-0.1, -0.05) is 0 Å². The first-order valence-corrected chi connectivity index (χ1v) is 6.11. The van der Waals surface area contributed by atoms with Gasteiger partial charge in [-0.3, -0.25) is 15.3 Å². The van der Waals surface area contributed by atoms with Crippen molar-refractivity contribution in [3.05, 3.63) is 0 Å². The molecule has 0 aromatic rings. The molecule has 2 rings (SSSR count). The van der Waals surface area contributed by atoms with E-state index in [0.717, 1.165) is 0 Å². The Bertz CT molecular complexity index is 498. The lowest BCUT2D eigenvalue weighted by Crippen LogP contribution is -2.85. The lowest BCUT2D eigenvalue weighted by atomic mass is 9.88. The van der Waals surface area contributed by atoms with E-state index in [9.17, 15) is 30.0 Å². The molecular weight excluding hydrogens is 308 g/mol. The van der Waals surface area contributed by atoms with Gasteiger partial charge < -0.3 is 45.5 Å². The van der Waals surface area contributed by atoms with Gasteiger partial charge in [0.2, 0.25) is 0 Å². The van der Waals surface area contributed by atoms with Gasteiger partial charge in [-0.15, -0.1) is 0 Å². The van der Waals surface area contributed by atoms with Crippen molar-refractivity contribution in [2.75, 3.05) is 6.61 Å². The average molecular weight is 324 g/mol. The normalized spacial score (nSPS) is 49.5. The van der Waals surface area contributed by atoms with Gasteiger partial charge in [-0.05, 0) is 0 Å². The summed E-state index contributed by atoms with van der Waals surface area (Å²) in [7, 11) is 0. The molecule has 2 heterocycles. The van der Waals surface area contributed by atoms with Gasteiger partial charge in [0.15, 0.2) is 6.10 Å². The molecule has 12 heteroatoms. The van der Waals surface area contributed by atoms with Gasteiger partial charge in [0.25, 0.3) is 5.91 Å². The minimum Gasteiger partial charge on any atom is -0.423 e. The summed E-state index contributed by atoms with van der Waals surface area (Å²) in [5, 5.41) is 49.6. The molecule has 2 aliphatic rings. The molecule has 2 unspecified atom stereocenters. The second kappa shape index (κ2) is 5.07. The first kappa shape index (κ1) is 17.0. The highest BCUT2D eigenvalue weighted by molar-refractivity contribution is 5.83. The zero-order valence-corrected chi connectivity index (χ0v) is 11.1. The molecule has 9 N–H and O–H groups in total. The zero-order chi connectivity index (χ0) is 16.9. The van der Waals surface area contributed by atoms with Gasteiger partial charge in [0.1, 0.15) is 12.1 Å². The van der Waals surface area contributed by atoms with Crippen LogP contribution in [0.5, 0.6) is 0 Å². The van der Waals surface area contributed by atoms with Crippen molar-refractivity contribution < 1.29 is 49.3 Å². The summed E-state index contributed by atoms with van der Waals surface area (Å²) in [6, 6.07) is -1.58. The predicted octanol–water partition coefficient (Wildman–Crippen LogP) is -5.46. The van der Waals surface area contributed by atoms with Crippen molar-refractivity contribution in [3.63, 3.8) is 0 Å². The Morgan fingerprint density at radius 2 is 1.82 bits per heavy atom. The number of aliphatic hydroxyl groups is 5. The lowest BCUT2D eigenvalue weighted by Gasteiger charge is -2.54. The Balaban J connectivity index is 2.57.